The number of hydrogen-bond acceptors (Lipinski definition) is 4. The van der Waals surface area contributed by atoms with Gasteiger partial charge in [-0.15, -0.1) is 0 Å². The van der Waals surface area contributed by atoms with Crippen molar-refractivity contribution in [3.05, 3.63) is 23.9 Å². The molecule has 0 radical (unpaired) electrons. The normalized spacial score (nSPS) is 21.7. The van der Waals surface area contributed by atoms with E-state index < -0.39 is 0 Å². The fraction of sp³-hybridized carbons (Fsp3) is 0.667. The lowest BCUT2D eigenvalue weighted by molar-refractivity contribution is -0.0661. The Balaban J connectivity index is 1.58. The van der Waals surface area contributed by atoms with E-state index in [1.165, 1.54) is 5.56 Å². The standard InChI is InChI=1S/C15H23N3O/c1-12(2)13-3-4-15(16-9-13)18-7-5-17(6-8-18)14-10-19-11-14/h3-4,9,12,14H,5-8,10-11H2,1-2H3. The van der Waals surface area contributed by atoms with Gasteiger partial charge in [0.1, 0.15) is 5.82 Å². The topological polar surface area (TPSA) is 28.6 Å². The number of anilines is 1. The summed E-state index contributed by atoms with van der Waals surface area (Å²) in [6.45, 7) is 10.6. The van der Waals surface area contributed by atoms with E-state index in [2.05, 4.69) is 40.8 Å². The van der Waals surface area contributed by atoms with Crippen molar-refractivity contribution in [3.8, 4) is 0 Å². The molecule has 1 aromatic rings. The van der Waals surface area contributed by atoms with Crippen LogP contribution in [-0.2, 0) is 4.74 Å². The summed E-state index contributed by atoms with van der Waals surface area (Å²) in [6.07, 6.45) is 2.02. The summed E-state index contributed by atoms with van der Waals surface area (Å²) < 4.78 is 5.27. The van der Waals surface area contributed by atoms with Crippen LogP contribution in [0.3, 0.4) is 0 Å². The van der Waals surface area contributed by atoms with Crippen molar-refractivity contribution < 1.29 is 4.74 Å². The molecule has 0 aromatic carbocycles. The molecular weight excluding hydrogens is 238 g/mol. The van der Waals surface area contributed by atoms with Gasteiger partial charge >= 0.3 is 0 Å². The first-order valence-electron chi connectivity index (χ1n) is 7.27. The molecule has 3 heterocycles. The predicted octanol–water partition coefficient (Wildman–Crippen LogP) is 1.73. The molecule has 4 nitrogen and oxygen atoms in total. The summed E-state index contributed by atoms with van der Waals surface area (Å²) in [6, 6.07) is 5.04. The van der Waals surface area contributed by atoms with Gasteiger partial charge in [0.25, 0.3) is 0 Å². The monoisotopic (exact) mass is 261 g/mol. The van der Waals surface area contributed by atoms with Gasteiger partial charge in [-0.05, 0) is 17.5 Å². The number of ether oxygens (including phenoxy) is 1. The molecule has 0 bridgehead atoms. The summed E-state index contributed by atoms with van der Waals surface area (Å²) >= 11 is 0. The third-order valence-electron chi connectivity index (χ3n) is 4.21. The summed E-state index contributed by atoms with van der Waals surface area (Å²) in [5.41, 5.74) is 1.31. The molecule has 0 atom stereocenters. The molecule has 1 aromatic heterocycles. The van der Waals surface area contributed by atoms with Crippen molar-refractivity contribution in [1.29, 1.82) is 0 Å². The number of rotatable bonds is 3. The third-order valence-corrected chi connectivity index (χ3v) is 4.21. The van der Waals surface area contributed by atoms with Gasteiger partial charge in [-0.25, -0.2) is 4.98 Å². The Morgan fingerprint density at radius 2 is 1.89 bits per heavy atom. The molecule has 4 heteroatoms. The molecular formula is C15H23N3O. The molecule has 2 fully saturated rings. The second-order valence-corrected chi connectivity index (χ2v) is 5.82. The zero-order chi connectivity index (χ0) is 13.2. The van der Waals surface area contributed by atoms with Crippen molar-refractivity contribution in [2.75, 3.05) is 44.3 Å². The van der Waals surface area contributed by atoms with Gasteiger partial charge in [0.15, 0.2) is 0 Å². The molecule has 0 spiro atoms. The van der Waals surface area contributed by atoms with Crippen LogP contribution >= 0.6 is 0 Å². The molecule has 3 rings (SSSR count). The molecule has 2 aliphatic heterocycles. The second kappa shape index (κ2) is 5.47. The molecule has 0 saturated carbocycles. The summed E-state index contributed by atoms with van der Waals surface area (Å²) in [4.78, 5) is 9.54. The van der Waals surface area contributed by atoms with Crippen LogP contribution in [0.2, 0.25) is 0 Å². The van der Waals surface area contributed by atoms with Crippen LogP contribution in [0.4, 0.5) is 5.82 Å². The van der Waals surface area contributed by atoms with E-state index in [0.29, 0.717) is 12.0 Å². The summed E-state index contributed by atoms with van der Waals surface area (Å²) in [5, 5.41) is 0. The second-order valence-electron chi connectivity index (χ2n) is 5.82. The molecule has 0 amide bonds. The minimum absolute atomic E-state index is 0.553. The van der Waals surface area contributed by atoms with Crippen LogP contribution in [0.25, 0.3) is 0 Å². The number of aromatic nitrogens is 1. The van der Waals surface area contributed by atoms with Crippen molar-refractivity contribution in [2.45, 2.75) is 25.8 Å². The Kier molecular flexibility index (Phi) is 3.71. The highest BCUT2D eigenvalue weighted by Crippen LogP contribution is 2.20. The maximum Gasteiger partial charge on any atom is 0.128 e. The number of piperazine rings is 1. The highest BCUT2D eigenvalue weighted by Gasteiger charge is 2.29. The molecule has 2 aliphatic rings. The van der Waals surface area contributed by atoms with Crippen LogP contribution in [0.15, 0.2) is 18.3 Å². The lowest BCUT2D eigenvalue weighted by Crippen LogP contribution is -2.56. The van der Waals surface area contributed by atoms with Gasteiger partial charge < -0.3 is 9.64 Å². The smallest absolute Gasteiger partial charge is 0.128 e. The maximum absolute atomic E-state index is 5.27. The van der Waals surface area contributed by atoms with Gasteiger partial charge in [-0.2, -0.15) is 0 Å². The Labute approximate surface area is 115 Å². The van der Waals surface area contributed by atoms with Crippen molar-refractivity contribution >= 4 is 5.82 Å². The van der Waals surface area contributed by atoms with E-state index in [-0.39, 0.29) is 0 Å². The molecule has 2 saturated heterocycles. The van der Waals surface area contributed by atoms with Crippen LogP contribution in [0.5, 0.6) is 0 Å². The largest absolute Gasteiger partial charge is 0.378 e. The molecule has 0 aliphatic carbocycles. The Morgan fingerprint density at radius 1 is 1.16 bits per heavy atom. The average molecular weight is 261 g/mol. The highest BCUT2D eigenvalue weighted by atomic mass is 16.5. The van der Waals surface area contributed by atoms with Gasteiger partial charge in [-0.1, -0.05) is 19.9 Å². The fourth-order valence-corrected chi connectivity index (χ4v) is 2.68. The predicted molar refractivity (Wildman–Crippen MR) is 76.7 cm³/mol. The molecule has 0 unspecified atom stereocenters. The first-order chi connectivity index (χ1) is 9.24. The van der Waals surface area contributed by atoms with Gasteiger partial charge in [0, 0.05) is 32.4 Å². The third kappa shape index (κ3) is 2.74. The number of pyridine rings is 1. The van der Waals surface area contributed by atoms with E-state index in [1.807, 2.05) is 6.20 Å². The molecule has 0 N–H and O–H groups in total. The fourth-order valence-electron chi connectivity index (χ4n) is 2.68. The quantitative estimate of drug-likeness (QED) is 0.828. The van der Waals surface area contributed by atoms with Gasteiger partial charge in [0.05, 0.1) is 19.3 Å². The Bertz CT molecular complexity index is 406. The molecule has 19 heavy (non-hydrogen) atoms. The first kappa shape index (κ1) is 12.9. The van der Waals surface area contributed by atoms with E-state index >= 15 is 0 Å². The van der Waals surface area contributed by atoms with Crippen LogP contribution in [0, 0.1) is 0 Å². The van der Waals surface area contributed by atoms with E-state index in [9.17, 15) is 0 Å². The zero-order valence-electron chi connectivity index (χ0n) is 11.9. The minimum Gasteiger partial charge on any atom is -0.378 e. The summed E-state index contributed by atoms with van der Waals surface area (Å²) in [5.74, 6) is 1.67. The first-order valence-corrected chi connectivity index (χ1v) is 7.27. The van der Waals surface area contributed by atoms with Gasteiger partial charge in [0.2, 0.25) is 0 Å². The van der Waals surface area contributed by atoms with E-state index in [0.717, 1.165) is 45.2 Å². The van der Waals surface area contributed by atoms with E-state index in [1.54, 1.807) is 0 Å². The van der Waals surface area contributed by atoms with E-state index in [4.69, 9.17) is 4.74 Å². The van der Waals surface area contributed by atoms with Crippen LogP contribution < -0.4 is 4.90 Å². The lowest BCUT2D eigenvalue weighted by atomic mass is 10.1. The zero-order valence-corrected chi connectivity index (χ0v) is 11.9. The van der Waals surface area contributed by atoms with Crippen LogP contribution in [0.1, 0.15) is 25.3 Å². The van der Waals surface area contributed by atoms with Crippen molar-refractivity contribution in [1.82, 2.24) is 9.88 Å². The lowest BCUT2D eigenvalue weighted by Gasteiger charge is -2.42. The minimum atomic E-state index is 0.553. The van der Waals surface area contributed by atoms with Crippen molar-refractivity contribution in [3.63, 3.8) is 0 Å². The van der Waals surface area contributed by atoms with Crippen LogP contribution in [-0.4, -0.2) is 55.3 Å². The SMILES string of the molecule is CC(C)c1ccc(N2CCN(C3COC3)CC2)nc1. The Morgan fingerprint density at radius 3 is 2.37 bits per heavy atom. The average Bonchev–Trinajstić information content (AvgIpc) is 2.38. The number of nitrogens with zero attached hydrogens (tertiary/aromatic N) is 3. The maximum atomic E-state index is 5.27. The molecule has 104 valence electrons. The highest BCUT2D eigenvalue weighted by molar-refractivity contribution is 5.40. The summed E-state index contributed by atoms with van der Waals surface area (Å²) in [7, 11) is 0. The number of hydrogen-bond donors (Lipinski definition) is 0. The van der Waals surface area contributed by atoms with Gasteiger partial charge in [-0.3, -0.25) is 4.90 Å². The van der Waals surface area contributed by atoms with Crippen molar-refractivity contribution in [2.24, 2.45) is 0 Å². The Hall–Kier alpha value is -1.13.